The first-order valence-electron chi connectivity index (χ1n) is 6.90. The van der Waals surface area contributed by atoms with E-state index in [0.29, 0.717) is 11.7 Å². The van der Waals surface area contributed by atoms with E-state index in [1.165, 1.54) is 32.1 Å². The summed E-state index contributed by atoms with van der Waals surface area (Å²) in [6.45, 7) is 4.76. The van der Waals surface area contributed by atoms with E-state index in [9.17, 15) is 0 Å². The third-order valence-electron chi connectivity index (χ3n) is 6.14. The Hall–Kier alpha value is -0.0400. The average molecular weight is 206 g/mol. The number of ether oxygens (including phenoxy) is 1. The van der Waals surface area contributed by atoms with Crippen LogP contribution in [0.2, 0.25) is 0 Å². The summed E-state index contributed by atoms with van der Waals surface area (Å²) in [6, 6.07) is 0. The van der Waals surface area contributed by atoms with Gasteiger partial charge in [0.05, 0.1) is 11.7 Å². The number of hydrogen-bond acceptors (Lipinski definition) is 1. The summed E-state index contributed by atoms with van der Waals surface area (Å²) in [4.78, 5) is 0. The zero-order valence-corrected chi connectivity index (χ0v) is 9.91. The Labute approximate surface area is 92.6 Å². The molecule has 84 valence electrons. The summed E-state index contributed by atoms with van der Waals surface area (Å²) in [7, 11) is 0. The Morgan fingerprint density at radius 1 is 1.20 bits per heavy atom. The van der Waals surface area contributed by atoms with Crippen molar-refractivity contribution < 1.29 is 4.74 Å². The van der Waals surface area contributed by atoms with Gasteiger partial charge in [0.15, 0.2) is 0 Å². The monoisotopic (exact) mass is 206 g/mol. The fourth-order valence-electron chi connectivity index (χ4n) is 5.57. The predicted octanol–water partition coefficient (Wildman–Crippen LogP) is 3.24. The molecule has 6 bridgehead atoms. The molecular weight excluding hydrogens is 184 g/mol. The van der Waals surface area contributed by atoms with Gasteiger partial charge < -0.3 is 4.74 Å². The summed E-state index contributed by atoms with van der Waals surface area (Å²) in [5.74, 6) is 4.61. The first kappa shape index (κ1) is 9.04. The van der Waals surface area contributed by atoms with E-state index in [4.69, 9.17) is 4.74 Å². The maximum atomic E-state index is 6.57. The lowest BCUT2D eigenvalue weighted by molar-refractivity contribution is -0.144. The Kier molecular flexibility index (Phi) is 1.57. The molecule has 3 aliphatic carbocycles. The second-order valence-corrected chi connectivity index (χ2v) is 6.76. The van der Waals surface area contributed by atoms with E-state index in [0.717, 1.165) is 29.6 Å². The first-order chi connectivity index (χ1) is 7.22. The van der Waals surface area contributed by atoms with Gasteiger partial charge in [0.1, 0.15) is 0 Å². The number of hydrogen-bond donors (Lipinski definition) is 0. The van der Waals surface area contributed by atoms with Crippen LogP contribution in [0.5, 0.6) is 0 Å². The van der Waals surface area contributed by atoms with Gasteiger partial charge in [-0.05, 0) is 55.3 Å². The maximum absolute atomic E-state index is 6.57. The SMILES string of the molecule is CC(C)C12CC3CC1C1CCCC3C1O2. The highest BCUT2D eigenvalue weighted by molar-refractivity contribution is 5.16. The highest BCUT2D eigenvalue weighted by Crippen LogP contribution is 2.67. The minimum Gasteiger partial charge on any atom is -0.371 e. The van der Waals surface area contributed by atoms with E-state index in [1.807, 2.05) is 0 Å². The summed E-state index contributed by atoms with van der Waals surface area (Å²) < 4.78 is 6.57. The van der Waals surface area contributed by atoms with Crippen LogP contribution in [0.15, 0.2) is 0 Å². The van der Waals surface area contributed by atoms with Crippen molar-refractivity contribution in [2.24, 2.45) is 29.6 Å². The number of rotatable bonds is 1. The van der Waals surface area contributed by atoms with Crippen molar-refractivity contribution in [2.75, 3.05) is 0 Å². The van der Waals surface area contributed by atoms with Crippen molar-refractivity contribution in [3.8, 4) is 0 Å². The van der Waals surface area contributed by atoms with Crippen LogP contribution in [0.3, 0.4) is 0 Å². The molecule has 0 aromatic heterocycles. The molecule has 5 aliphatic rings. The van der Waals surface area contributed by atoms with Gasteiger partial charge in [0.25, 0.3) is 0 Å². The predicted molar refractivity (Wildman–Crippen MR) is 59.5 cm³/mol. The van der Waals surface area contributed by atoms with Crippen LogP contribution in [0.4, 0.5) is 0 Å². The summed E-state index contributed by atoms with van der Waals surface area (Å²) >= 11 is 0. The van der Waals surface area contributed by atoms with Gasteiger partial charge in [0.2, 0.25) is 0 Å². The minimum atomic E-state index is 0.320. The van der Waals surface area contributed by atoms with Gasteiger partial charge in [-0.1, -0.05) is 20.3 Å². The molecule has 2 heterocycles. The molecule has 5 rings (SSSR count). The standard InChI is InChI=1S/C14H22O/c1-8(2)14-7-9-6-12(14)11-5-3-4-10(9)13(11)15-14/h8-13H,3-7H2,1-2H3. The van der Waals surface area contributed by atoms with Crippen molar-refractivity contribution in [3.05, 3.63) is 0 Å². The maximum Gasteiger partial charge on any atom is 0.0743 e. The average Bonchev–Trinajstić information content (AvgIpc) is 2.65. The summed E-state index contributed by atoms with van der Waals surface area (Å²) in [5, 5.41) is 0. The van der Waals surface area contributed by atoms with Crippen LogP contribution in [0.25, 0.3) is 0 Å². The highest BCUT2D eigenvalue weighted by Gasteiger charge is 2.68. The quantitative estimate of drug-likeness (QED) is 0.640. The van der Waals surface area contributed by atoms with E-state index >= 15 is 0 Å². The molecule has 2 saturated heterocycles. The molecule has 0 amide bonds. The third kappa shape index (κ3) is 0.868. The molecule has 0 aromatic carbocycles. The van der Waals surface area contributed by atoms with Gasteiger partial charge in [-0.15, -0.1) is 0 Å². The Bertz CT molecular complexity index is 298. The minimum absolute atomic E-state index is 0.320. The smallest absolute Gasteiger partial charge is 0.0743 e. The fourth-order valence-corrected chi connectivity index (χ4v) is 5.57. The second kappa shape index (κ2) is 2.61. The van der Waals surface area contributed by atoms with Crippen LogP contribution in [-0.4, -0.2) is 11.7 Å². The molecule has 2 aliphatic heterocycles. The lowest BCUT2D eigenvalue weighted by Crippen LogP contribution is -2.44. The van der Waals surface area contributed by atoms with Gasteiger partial charge in [0, 0.05) is 0 Å². The Balaban J connectivity index is 1.79. The molecule has 3 saturated carbocycles. The van der Waals surface area contributed by atoms with E-state index in [2.05, 4.69) is 13.8 Å². The Morgan fingerprint density at radius 2 is 2.00 bits per heavy atom. The fraction of sp³-hybridized carbons (Fsp3) is 1.00. The van der Waals surface area contributed by atoms with Crippen LogP contribution >= 0.6 is 0 Å². The molecule has 0 spiro atoms. The summed E-state index contributed by atoms with van der Waals surface area (Å²) in [5.41, 5.74) is 0.320. The molecule has 1 heteroatoms. The molecule has 0 aromatic rings. The van der Waals surface area contributed by atoms with Crippen molar-refractivity contribution in [1.29, 1.82) is 0 Å². The van der Waals surface area contributed by atoms with Crippen LogP contribution < -0.4 is 0 Å². The van der Waals surface area contributed by atoms with Crippen LogP contribution in [0, 0.1) is 29.6 Å². The van der Waals surface area contributed by atoms with Crippen molar-refractivity contribution in [3.63, 3.8) is 0 Å². The topological polar surface area (TPSA) is 9.23 Å². The molecule has 6 unspecified atom stereocenters. The normalized spacial score (nSPS) is 60.6. The van der Waals surface area contributed by atoms with E-state index in [-0.39, 0.29) is 0 Å². The molecule has 1 nitrogen and oxygen atoms in total. The Morgan fingerprint density at radius 3 is 2.80 bits per heavy atom. The van der Waals surface area contributed by atoms with Crippen molar-refractivity contribution in [2.45, 2.75) is 57.7 Å². The summed E-state index contributed by atoms with van der Waals surface area (Å²) in [6.07, 6.45) is 7.99. The van der Waals surface area contributed by atoms with Crippen LogP contribution in [0.1, 0.15) is 46.0 Å². The molecular formula is C14H22O. The lowest BCUT2D eigenvalue weighted by atomic mass is 9.64. The molecule has 0 radical (unpaired) electrons. The molecule has 5 fully saturated rings. The van der Waals surface area contributed by atoms with Gasteiger partial charge >= 0.3 is 0 Å². The second-order valence-electron chi connectivity index (χ2n) is 6.76. The van der Waals surface area contributed by atoms with E-state index < -0.39 is 0 Å². The van der Waals surface area contributed by atoms with Crippen molar-refractivity contribution >= 4 is 0 Å². The molecule has 15 heavy (non-hydrogen) atoms. The van der Waals surface area contributed by atoms with Gasteiger partial charge in [-0.2, -0.15) is 0 Å². The third-order valence-corrected chi connectivity index (χ3v) is 6.14. The molecule has 6 atom stereocenters. The zero-order chi connectivity index (χ0) is 10.2. The van der Waals surface area contributed by atoms with E-state index in [1.54, 1.807) is 0 Å². The largest absolute Gasteiger partial charge is 0.371 e. The van der Waals surface area contributed by atoms with Gasteiger partial charge in [-0.25, -0.2) is 0 Å². The van der Waals surface area contributed by atoms with Gasteiger partial charge in [-0.3, -0.25) is 0 Å². The highest BCUT2D eigenvalue weighted by atomic mass is 16.5. The first-order valence-corrected chi connectivity index (χ1v) is 6.90. The van der Waals surface area contributed by atoms with Crippen LogP contribution in [-0.2, 0) is 4.74 Å². The molecule has 0 N–H and O–H groups in total. The lowest BCUT2D eigenvalue weighted by Gasteiger charge is -2.44. The zero-order valence-electron chi connectivity index (χ0n) is 9.91. The van der Waals surface area contributed by atoms with Crippen molar-refractivity contribution in [1.82, 2.24) is 0 Å².